The van der Waals surface area contributed by atoms with Gasteiger partial charge in [-0.2, -0.15) is 0 Å². The molecule has 7 nitrogen and oxygen atoms in total. The summed E-state index contributed by atoms with van der Waals surface area (Å²) < 4.78 is 0. The summed E-state index contributed by atoms with van der Waals surface area (Å²) in [7, 11) is 0. The number of amides is 2. The minimum absolute atomic E-state index is 0.0889. The van der Waals surface area contributed by atoms with Crippen molar-refractivity contribution in [3.05, 3.63) is 0 Å². The normalized spacial score (nSPS) is 30.1. The number of aliphatic carboxylic acids is 1. The molecule has 2 amide bonds. The van der Waals surface area contributed by atoms with Crippen LogP contribution >= 0.6 is 0 Å². The maximum atomic E-state index is 12.1. The Morgan fingerprint density at radius 2 is 2.05 bits per heavy atom. The summed E-state index contributed by atoms with van der Waals surface area (Å²) in [6.07, 6.45) is 0.399. The van der Waals surface area contributed by atoms with Crippen LogP contribution in [0.3, 0.4) is 0 Å². The van der Waals surface area contributed by atoms with Crippen LogP contribution in [-0.2, 0) is 4.79 Å². The number of β-amino-alcohol motifs (C(OH)–C–C–N with tert-alkyl or cyclic N) is 1. The van der Waals surface area contributed by atoms with Gasteiger partial charge in [-0.15, -0.1) is 0 Å². The summed E-state index contributed by atoms with van der Waals surface area (Å²) in [5.74, 6) is -0.652. The van der Waals surface area contributed by atoms with Gasteiger partial charge in [-0.05, 0) is 32.7 Å². The van der Waals surface area contributed by atoms with Gasteiger partial charge in [0.25, 0.3) is 0 Å². The van der Waals surface area contributed by atoms with Crippen LogP contribution in [0.5, 0.6) is 0 Å². The summed E-state index contributed by atoms with van der Waals surface area (Å²) in [6, 6.07) is -0.798. The highest BCUT2D eigenvalue weighted by atomic mass is 16.4. The van der Waals surface area contributed by atoms with Crippen LogP contribution < -0.4 is 5.32 Å². The summed E-state index contributed by atoms with van der Waals surface area (Å²) in [4.78, 5) is 26.8. The molecule has 2 aliphatic heterocycles. The van der Waals surface area contributed by atoms with Crippen molar-refractivity contribution >= 4 is 12.0 Å². The number of hydrogen-bond donors (Lipinski definition) is 3. The van der Waals surface area contributed by atoms with Gasteiger partial charge in [-0.25, -0.2) is 9.59 Å². The third kappa shape index (κ3) is 3.85. The average molecular weight is 299 g/mol. The van der Waals surface area contributed by atoms with Crippen molar-refractivity contribution in [1.29, 1.82) is 0 Å². The van der Waals surface area contributed by atoms with Crippen LogP contribution in [0.4, 0.5) is 4.79 Å². The zero-order valence-corrected chi connectivity index (χ0v) is 12.7. The second-order valence-electron chi connectivity index (χ2n) is 6.33. The van der Waals surface area contributed by atoms with E-state index < -0.39 is 18.1 Å². The smallest absolute Gasteiger partial charge is 0.326 e. The molecule has 0 aliphatic carbocycles. The molecule has 7 heteroatoms. The zero-order valence-electron chi connectivity index (χ0n) is 12.7. The molecule has 0 aromatic heterocycles. The molecule has 0 bridgehead atoms. The molecule has 2 heterocycles. The molecule has 3 atom stereocenters. The standard InChI is InChI=1S/C14H25N3O4/c1-9(2)16-4-3-10(7-16)6-15-14(21)17-8-11(18)5-12(17)13(19)20/h9-12,18H,3-8H2,1-2H3,(H,15,21)(H,19,20). The molecule has 0 radical (unpaired) electrons. The molecule has 2 saturated heterocycles. The lowest BCUT2D eigenvalue weighted by Gasteiger charge is -2.23. The van der Waals surface area contributed by atoms with Crippen LogP contribution in [0.1, 0.15) is 26.7 Å². The molecular formula is C14H25N3O4. The number of hydrogen-bond acceptors (Lipinski definition) is 4. The first-order chi connectivity index (χ1) is 9.88. The topological polar surface area (TPSA) is 93.1 Å². The maximum Gasteiger partial charge on any atom is 0.326 e. The van der Waals surface area contributed by atoms with E-state index in [4.69, 9.17) is 5.11 Å². The van der Waals surface area contributed by atoms with Gasteiger partial charge in [0.05, 0.1) is 6.10 Å². The fourth-order valence-electron chi connectivity index (χ4n) is 3.10. The second-order valence-corrected chi connectivity index (χ2v) is 6.33. The number of carbonyl (C=O) groups is 2. The van der Waals surface area contributed by atoms with E-state index in [2.05, 4.69) is 24.1 Å². The number of nitrogens with zero attached hydrogens (tertiary/aromatic N) is 2. The predicted octanol–water partition coefficient (Wildman–Crippen LogP) is -0.0539. The summed E-state index contributed by atoms with van der Waals surface area (Å²) in [6.45, 7) is 6.96. The SMILES string of the molecule is CC(C)N1CCC(CNC(=O)N2CC(O)CC2C(=O)O)C1. The molecule has 0 aromatic carbocycles. The van der Waals surface area contributed by atoms with Crippen molar-refractivity contribution in [2.75, 3.05) is 26.2 Å². The first kappa shape index (κ1) is 16.0. The lowest BCUT2D eigenvalue weighted by Crippen LogP contribution is -2.47. The summed E-state index contributed by atoms with van der Waals surface area (Å²) in [5.41, 5.74) is 0. The van der Waals surface area contributed by atoms with E-state index in [0.29, 0.717) is 18.5 Å². The van der Waals surface area contributed by atoms with Gasteiger partial charge in [0.2, 0.25) is 0 Å². The minimum atomic E-state index is -1.06. The second kappa shape index (κ2) is 6.62. The van der Waals surface area contributed by atoms with Crippen LogP contribution in [0.2, 0.25) is 0 Å². The number of aliphatic hydroxyl groups is 1. The van der Waals surface area contributed by atoms with E-state index in [-0.39, 0.29) is 19.0 Å². The largest absolute Gasteiger partial charge is 0.480 e. The Kier molecular flexibility index (Phi) is 5.05. The van der Waals surface area contributed by atoms with E-state index in [1.807, 2.05) is 0 Å². The van der Waals surface area contributed by atoms with E-state index in [1.54, 1.807) is 0 Å². The lowest BCUT2D eigenvalue weighted by atomic mass is 10.1. The van der Waals surface area contributed by atoms with Gasteiger partial charge in [-0.3, -0.25) is 0 Å². The van der Waals surface area contributed by atoms with Gasteiger partial charge < -0.3 is 25.3 Å². The van der Waals surface area contributed by atoms with Crippen molar-refractivity contribution in [3.8, 4) is 0 Å². The molecule has 3 N–H and O–H groups in total. The molecule has 2 fully saturated rings. The molecule has 21 heavy (non-hydrogen) atoms. The number of likely N-dealkylation sites (tertiary alicyclic amines) is 2. The fourth-order valence-corrected chi connectivity index (χ4v) is 3.10. The average Bonchev–Trinajstić information content (AvgIpc) is 3.02. The van der Waals surface area contributed by atoms with E-state index >= 15 is 0 Å². The summed E-state index contributed by atoms with van der Waals surface area (Å²) in [5, 5.41) is 21.5. The molecule has 2 aliphatic rings. The number of rotatable bonds is 4. The first-order valence-corrected chi connectivity index (χ1v) is 7.58. The van der Waals surface area contributed by atoms with E-state index in [1.165, 1.54) is 4.90 Å². The Morgan fingerprint density at radius 1 is 1.33 bits per heavy atom. The van der Waals surface area contributed by atoms with Crippen molar-refractivity contribution in [2.45, 2.75) is 44.9 Å². The van der Waals surface area contributed by atoms with Crippen molar-refractivity contribution in [1.82, 2.24) is 15.1 Å². The molecular weight excluding hydrogens is 274 g/mol. The van der Waals surface area contributed by atoms with Crippen molar-refractivity contribution < 1.29 is 19.8 Å². The van der Waals surface area contributed by atoms with Crippen LogP contribution in [0.15, 0.2) is 0 Å². The van der Waals surface area contributed by atoms with Crippen LogP contribution in [-0.4, -0.2) is 76.4 Å². The Morgan fingerprint density at radius 3 is 2.62 bits per heavy atom. The van der Waals surface area contributed by atoms with E-state index in [0.717, 1.165) is 19.5 Å². The molecule has 0 aromatic rings. The molecule has 0 saturated carbocycles. The number of carboxylic acid groups (broad SMARTS) is 1. The fraction of sp³-hybridized carbons (Fsp3) is 0.857. The first-order valence-electron chi connectivity index (χ1n) is 7.58. The third-order valence-electron chi connectivity index (χ3n) is 4.41. The van der Waals surface area contributed by atoms with Crippen LogP contribution in [0.25, 0.3) is 0 Å². The monoisotopic (exact) mass is 299 g/mol. The predicted molar refractivity (Wildman–Crippen MR) is 77.0 cm³/mol. The zero-order chi connectivity index (χ0) is 15.6. The van der Waals surface area contributed by atoms with Crippen LogP contribution in [0, 0.1) is 5.92 Å². The Bertz CT molecular complexity index is 402. The maximum absolute atomic E-state index is 12.1. The lowest BCUT2D eigenvalue weighted by molar-refractivity contribution is -0.141. The minimum Gasteiger partial charge on any atom is -0.480 e. The van der Waals surface area contributed by atoms with Gasteiger partial charge in [0.15, 0.2) is 0 Å². The Balaban J connectivity index is 1.81. The molecule has 120 valence electrons. The van der Waals surface area contributed by atoms with Gasteiger partial charge >= 0.3 is 12.0 Å². The number of aliphatic hydroxyl groups excluding tert-OH is 1. The highest BCUT2D eigenvalue weighted by molar-refractivity contribution is 5.83. The number of nitrogens with one attached hydrogen (secondary N) is 1. The van der Waals surface area contributed by atoms with Gasteiger partial charge in [-0.1, -0.05) is 0 Å². The van der Waals surface area contributed by atoms with Gasteiger partial charge in [0.1, 0.15) is 6.04 Å². The molecule has 2 rings (SSSR count). The Hall–Kier alpha value is -1.34. The molecule has 3 unspecified atom stereocenters. The quantitative estimate of drug-likeness (QED) is 0.676. The number of urea groups is 1. The Labute approximate surface area is 124 Å². The molecule has 0 spiro atoms. The highest BCUT2D eigenvalue weighted by Gasteiger charge is 2.39. The van der Waals surface area contributed by atoms with Crippen molar-refractivity contribution in [3.63, 3.8) is 0 Å². The van der Waals surface area contributed by atoms with Crippen molar-refractivity contribution in [2.24, 2.45) is 5.92 Å². The third-order valence-corrected chi connectivity index (χ3v) is 4.41. The number of carboxylic acids is 1. The van der Waals surface area contributed by atoms with Gasteiger partial charge in [0, 0.05) is 32.1 Å². The summed E-state index contributed by atoms with van der Waals surface area (Å²) >= 11 is 0. The highest BCUT2D eigenvalue weighted by Crippen LogP contribution is 2.20. The van der Waals surface area contributed by atoms with E-state index in [9.17, 15) is 14.7 Å². The number of carbonyl (C=O) groups excluding carboxylic acids is 1.